The molecule has 0 amide bonds. The molecule has 0 saturated heterocycles. The molecule has 0 bridgehead atoms. The molecule has 0 aliphatic carbocycles. The van der Waals surface area contributed by atoms with Crippen LogP contribution in [0.5, 0.6) is 0 Å². The smallest absolute Gasteiger partial charge is 0.00103 e. The molecule has 0 aromatic rings. The van der Waals surface area contributed by atoms with Crippen LogP contribution in [0.2, 0.25) is 0 Å². The van der Waals surface area contributed by atoms with Crippen LogP contribution in [-0.2, 0) is 0 Å². The topological polar surface area (TPSA) is 12.0 Å². The Morgan fingerprint density at radius 2 is 1.53 bits per heavy atom. The van der Waals surface area contributed by atoms with E-state index < -0.39 is 0 Å². The lowest BCUT2D eigenvalue weighted by molar-refractivity contribution is 0.317. The van der Waals surface area contributed by atoms with E-state index in [9.17, 15) is 0 Å². The molecule has 0 heterocycles. The highest BCUT2D eigenvalue weighted by Crippen LogP contribution is 2.22. The van der Waals surface area contributed by atoms with Gasteiger partial charge in [-0.3, -0.25) is 0 Å². The van der Waals surface area contributed by atoms with Gasteiger partial charge < -0.3 is 5.32 Å². The Morgan fingerprint density at radius 3 is 2.00 bits per heavy atom. The van der Waals surface area contributed by atoms with Gasteiger partial charge in [0.2, 0.25) is 0 Å². The van der Waals surface area contributed by atoms with Gasteiger partial charge in [0.15, 0.2) is 0 Å². The van der Waals surface area contributed by atoms with E-state index in [1.807, 2.05) is 0 Å². The van der Waals surface area contributed by atoms with Crippen molar-refractivity contribution in [1.82, 2.24) is 5.32 Å². The fourth-order valence-corrected chi connectivity index (χ4v) is 2.03. The van der Waals surface area contributed by atoms with Crippen LogP contribution < -0.4 is 5.32 Å². The monoisotopic (exact) mass is 213 g/mol. The van der Waals surface area contributed by atoms with Gasteiger partial charge in [-0.2, -0.15) is 0 Å². The third kappa shape index (κ3) is 8.92. The minimum atomic E-state index is 0.637. The largest absolute Gasteiger partial charge is 0.315 e. The van der Waals surface area contributed by atoms with Crippen LogP contribution in [0.3, 0.4) is 0 Å². The Bertz CT molecular complexity index is 129. The molecule has 1 unspecified atom stereocenters. The molecular formula is C14H31N. The zero-order valence-corrected chi connectivity index (χ0v) is 11.5. The predicted molar refractivity (Wildman–Crippen MR) is 70.2 cm³/mol. The van der Waals surface area contributed by atoms with E-state index in [4.69, 9.17) is 0 Å². The van der Waals surface area contributed by atoms with Gasteiger partial charge in [-0.1, -0.05) is 53.9 Å². The highest BCUT2D eigenvalue weighted by Gasteiger charge is 2.11. The molecule has 0 fully saturated rings. The van der Waals surface area contributed by atoms with Crippen LogP contribution in [0.15, 0.2) is 0 Å². The van der Waals surface area contributed by atoms with Crippen molar-refractivity contribution in [3.63, 3.8) is 0 Å². The summed E-state index contributed by atoms with van der Waals surface area (Å²) in [5.74, 6) is 1.80. The lowest BCUT2D eigenvalue weighted by Gasteiger charge is -2.21. The zero-order chi connectivity index (χ0) is 11.7. The fourth-order valence-electron chi connectivity index (χ4n) is 2.03. The molecule has 1 N–H and O–H groups in total. The molecule has 15 heavy (non-hydrogen) atoms. The SMILES string of the molecule is CCCCC(CCCNC(C)C)C(C)C. The minimum absolute atomic E-state index is 0.637. The average Bonchev–Trinajstić information content (AvgIpc) is 2.15. The van der Waals surface area contributed by atoms with Crippen molar-refractivity contribution in [2.24, 2.45) is 11.8 Å². The molecule has 1 nitrogen and oxygen atoms in total. The van der Waals surface area contributed by atoms with Crippen molar-refractivity contribution >= 4 is 0 Å². The molecule has 0 aliphatic heterocycles. The molecular weight excluding hydrogens is 182 g/mol. The number of hydrogen-bond donors (Lipinski definition) is 1. The van der Waals surface area contributed by atoms with Gasteiger partial charge in [0.25, 0.3) is 0 Å². The molecule has 0 aromatic heterocycles. The van der Waals surface area contributed by atoms with Crippen LogP contribution in [0.4, 0.5) is 0 Å². The van der Waals surface area contributed by atoms with Crippen molar-refractivity contribution in [3.8, 4) is 0 Å². The molecule has 0 spiro atoms. The maximum absolute atomic E-state index is 3.50. The Labute approximate surface area is 97.0 Å². The van der Waals surface area contributed by atoms with Crippen molar-refractivity contribution in [2.45, 2.75) is 72.8 Å². The predicted octanol–water partition coefficient (Wildman–Crippen LogP) is 4.23. The van der Waals surface area contributed by atoms with Gasteiger partial charge in [-0.05, 0) is 31.2 Å². The van der Waals surface area contributed by atoms with E-state index >= 15 is 0 Å². The third-order valence-electron chi connectivity index (χ3n) is 3.18. The number of rotatable bonds is 9. The first-order valence-corrected chi connectivity index (χ1v) is 6.81. The first kappa shape index (κ1) is 15.0. The third-order valence-corrected chi connectivity index (χ3v) is 3.18. The normalized spacial score (nSPS) is 13.8. The lowest BCUT2D eigenvalue weighted by Crippen LogP contribution is -2.24. The molecule has 0 saturated carbocycles. The second-order valence-corrected chi connectivity index (χ2v) is 5.40. The molecule has 1 atom stereocenters. The van der Waals surface area contributed by atoms with Gasteiger partial charge in [-0.15, -0.1) is 0 Å². The summed E-state index contributed by atoms with van der Waals surface area (Å²) in [7, 11) is 0. The van der Waals surface area contributed by atoms with Gasteiger partial charge in [0.1, 0.15) is 0 Å². The molecule has 0 aliphatic rings. The second kappa shape index (κ2) is 9.21. The quantitative estimate of drug-likeness (QED) is 0.565. The maximum atomic E-state index is 3.50. The van der Waals surface area contributed by atoms with E-state index in [-0.39, 0.29) is 0 Å². The minimum Gasteiger partial charge on any atom is -0.315 e. The Hall–Kier alpha value is -0.0400. The van der Waals surface area contributed by atoms with Gasteiger partial charge >= 0.3 is 0 Å². The summed E-state index contributed by atoms with van der Waals surface area (Å²) in [5.41, 5.74) is 0. The van der Waals surface area contributed by atoms with Gasteiger partial charge in [0, 0.05) is 6.04 Å². The second-order valence-electron chi connectivity index (χ2n) is 5.40. The highest BCUT2D eigenvalue weighted by molar-refractivity contribution is 4.64. The van der Waals surface area contributed by atoms with Crippen LogP contribution in [0.1, 0.15) is 66.7 Å². The van der Waals surface area contributed by atoms with E-state index in [1.54, 1.807) is 0 Å². The number of unbranched alkanes of at least 4 members (excludes halogenated alkanes) is 1. The van der Waals surface area contributed by atoms with Crippen molar-refractivity contribution in [2.75, 3.05) is 6.54 Å². The summed E-state index contributed by atoms with van der Waals surface area (Å²) < 4.78 is 0. The molecule has 0 aromatic carbocycles. The fraction of sp³-hybridized carbons (Fsp3) is 1.00. The first-order valence-electron chi connectivity index (χ1n) is 6.81. The highest BCUT2D eigenvalue weighted by atomic mass is 14.9. The van der Waals surface area contributed by atoms with Crippen LogP contribution in [-0.4, -0.2) is 12.6 Å². The summed E-state index contributed by atoms with van der Waals surface area (Å²) >= 11 is 0. The molecule has 1 heteroatoms. The summed E-state index contributed by atoms with van der Waals surface area (Å²) in [5, 5.41) is 3.50. The Kier molecular flexibility index (Phi) is 9.18. The lowest BCUT2D eigenvalue weighted by atomic mass is 9.87. The van der Waals surface area contributed by atoms with E-state index in [0.29, 0.717) is 6.04 Å². The van der Waals surface area contributed by atoms with Gasteiger partial charge in [-0.25, -0.2) is 0 Å². The van der Waals surface area contributed by atoms with E-state index in [1.165, 1.54) is 38.6 Å². The van der Waals surface area contributed by atoms with Crippen LogP contribution in [0.25, 0.3) is 0 Å². The van der Waals surface area contributed by atoms with Crippen LogP contribution in [0, 0.1) is 11.8 Å². The maximum Gasteiger partial charge on any atom is 0.00103 e. The van der Waals surface area contributed by atoms with E-state index in [2.05, 4.69) is 39.9 Å². The summed E-state index contributed by atoms with van der Waals surface area (Å²) in [6.07, 6.45) is 6.91. The van der Waals surface area contributed by atoms with Crippen molar-refractivity contribution in [1.29, 1.82) is 0 Å². The number of hydrogen-bond acceptors (Lipinski definition) is 1. The average molecular weight is 213 g/mol. The van der Waals surface area contributed by atoms with E-state index in [0.717, 1.165) is 11.8 Å². The van der Waals surface area contributed by atoms with Crippen molar-refractivity contribution < 1.29 is 0 Å². The Morgan fingerprint density at radius 1 is 0.933 bits per heavy atom. The first-order chi connectivity index (χ1) is 7.07. The van der Waals surface area contributed by atoms with Gasteiger partial charge in [0.05, 0.1) is 0 Å². The Balaban J connectivity index is 3.57. The molecule has 0 radical (unpaired) electrons. The molecule has 0 rings (SSSR count). The summed E-state index contributed by atoms with van der Waals surface area (Å²) in [6, 6.07) is 0.637. The standard InChI is InChI=1S/C14H31N/c1-6-7-9-14(12(2)3)10-8-11-15-13(4)5/h12-15H,6-11H2,1-5H3. The summed E-state index contributed by atoms with van der Waals surface area (Å²) in [4.78, 5) is 0. The van der Waals surface area contributed by atoms with Crippen molar-refractivity contribution in [3.05, 3.63) is 0 Å². The number of nitrogens with one attached hydrogen (secondary N) is 1. The molecule has 92 valence electrons. The summed E-state index contributed by atoms with van der Waals surface area (Å²) in [6.45, 7) is 12.7. The zero-order valence-electron chi connectivity index (χ0n) is 11.5. The van der Waals surface area contributed by atoms with Crippen LogP contribution >= 0.6 is 0 Å².